The maximum Gasteiger partial charge on any atom is 0.146 e. The number of nitrogens with one attached hydrogen (secondary N) is 2. The van der Waals surface area contributed by atoms with E-state index in [4.69, 9.17) is 4.74 Å². The second-order valence-electron chi connectivity index (χ2n) is 4.43. The molecule has 5 nitrogen and oxygen atoms in total. The van der Waals surface area contributed by atoms with Crippen LogP contribution in [0, 0.1) is 0 Å². The molecule has 2 N–H and O–H groups in total. The smallest absolute Gasteiger partial charge is 0.146 e. The van der Waals surface area contributed by atoms with Crippen molar-refractivity contribution in [3.05, 3.63) is 10.8 Å². The van der Waals surface area contributed by atoms with Crippen LogP contribution in [0.15, 0.2) is 10.8 Å². The molecule has 94 valence electrons. The number of ether oxygens (including phenoxy) is 1. The number of nitrogens with zero attached hydrogens (tertiary/aromatic N) is 2. The molecule has 1 aromatic rings. The molecule has 1 aliphatic heterocycles. The summed E-state index contributed by atoms with van der Waals surface area (Å²) in [7, 11) is 1.84. The monoisotopic (exact) mass is 300 g/mol. The SMILES string of the molecule is CNc1ncnc(NC2(C)CCOCC2)c1Br. The predicted octanol–water partition coefficient (Wildman–Crippen LogP) is 2.26. The number of hydrogen-bond acceptors (Lipinski definition) is 5. The first kappa shape index (κ1) is 12.6. The van der Waals surface area contributed by atoms with E-state index in [1.54, 1.807) is 6.33 Å². The Kier molecular flexibility index (Phi) is 3.83. The van der Waals surface area contributed by atoms with Crippen LogP contribution in [0.25, 0.3) is 0 Å². The van der Waals surface area contributed by atoms with Gasteiger partial charge in [0.25, 0.3) is 0 Å². The molecule has 1 aliphatic rings. The Hall–Kier alpha value is -0.880. The van der Waals surface area contributed by atoms with E-state index >= 15 is 0 Å². The molecule has 1 saturated heterocycles. The van der Waals surface area contributed by atoms with Crippen LogP contribution in [0.1, 0.15) is 19.8 Å². The summed E-state index contributed by atoms with van der Waals surface area (Å²) in [6, 6.07) is 0. The number of hydrogen-bond donors (Lipinski definition) is 2. The van der Waals surface area contributed by atoms with E-state index in [2.05, 4.69) is 43.5 Å². The number of anilines is 2. The molecular formula is C11H17BrN4O. The molecule has 2 heterocycles. The van der Waals surface area contributed by atoms with Gasteiger partial charge in [0, 0.05) is 25.8 Å². The van der Waals surface area contributed by atoms with E-state index in [9.17, 15) is 0 Å². The Bertz CT molecular complexity index is 393. The van der Waals surface area contributed by atoms with Crippen LogP contribution >= 0.6 is 15.9 Å². The first-order valence-corrected chi connectivity index (χ1v) is 6.48. The first-order chi connectivity index (χ1) is 8.14. The van der Waals surface area contributed by atoms with Gasteiger partial charge >= 0.3 is 0 Å². The lowest BCUT2D eigenvalue weighted by Gasteiger charge is -2.35. The van der Waals surface area contributed by atoms with Gasteiger partial charge in [0.05, 0.1) is 0 Å². The maximum absolute atomic E-state index is 5.38. The minimum atomic E-state index is 0.0418. The zero-order valence-electron chi connectivity index (χ0n) is 10.1. The Labute approximate surface area is 110 Å². The predicted molar refractivity (Wildman–Crippen MR) is 71.4 cm³/mol. The molecule has 6 heteroatoms. The second-order valence-corrected chi connectivity index (χ2v) is 5.23. The summed E-state index contributed by atoms with van der Waals surface area (Å²) >= 11 is 3.51. The summed E-state index contributed by atoms with van der Waals surface area (Å²) < 4.78 is 6.25. The van der Waals surface area contributed by atoms with Crippen molar-refractivity contribution in [2.45, 2.75) is 25.3 Å². The van der Waals surface area contributed by atoms with Gasteiger partial charge in [-0.05, 0) is 35.7 Å². The molecule has 1 fully saturated rings. The van der Waals surface area contributed by atoms with Crippen molar-refractivity contribution in [1.82, 2.24) is 9.97 Å². The zero-order chi connectivity index (χ0) is 12.3. The fourth-order valence-electron chi connectivity index (χ4n) is 1.86. The average Bonchev–Trinajstić information content (AvgIpc) is 2.32. The van der Waals surface area contributed by atoms with Crippen LogP contribution < -0.4 is 10.6 Å². The highest BCUT2D eigenvalue weighted by Crippen LogP contribution is 2.31. The average molecular weight is 301 g/mol. The van der Waals surface area contributed by atoms with Crippen molar-refractivity contribution >= 4 is 27.6 Å². The molecule has 17 heavy (non-hydrogen) atoms. The van der Waals surface area contributed by atoms with Gasteiger partial charge in [-0.1, -0.05) is 0 Å². The van der Waals surface area contributed by atoms with Gasteiger partial charge < -0.3 is 15.4 Å². The number of halogens is 1. The lowest BCUT2D eigenvalue weighted by molar-refractivity contribution is 0.0657. The molecular weight excluding hydrogens is 284 g/mol. The molecule has 2 rings (SSSR count). The van der Waals surface area contributed by atoms with Crippen molar-refractivity contribution in [1.29, 1.82) is 0 Å². The Morgan fingerprint density at radius 3 is 2.59 bits per heavy atom. The third-order valence-electron chi connectivity index (χ3n) is 3.04. The quantitative estimate of drug-likeness (QED) is 0.897. The highest BCUT2D eigenvalue weighted by molar-refractivity contribution is 9.10. The summed E-state index contributed by atoms with van der Waals surface area (Å²) in [5.74, 6) is 1.62. The Morgan fingerprint density at radius 2 is 1.94 bits per heavy atom. The van der Waals surface area contributed by atoms with Crippen molar-refractivity contribution < 1.29 is 4.74 Å². The summed E-state index contributed by atoms with van der Waals surface area (Å²) in [6.07, 6.45) is 3.53. The van der Waals surface area contributed by atoms with Gasteiger partial charge in [0.1, 0.15) is 22.4 Å². The molecule has 0 spiro atoms. The van der Waals surface area contributed by atoms with Gasteiger partial charge in [-0.2, -0.15) is 0 Å². The topological polar surface area (TPSA) is 59.1 Å². The molecule has 0 amide bonds. The van der Waals surface area contributed by atoms with Gasteiger partial charge in [0.2, 0.25) is 0 Å². The van der Waals surface area contributed by atoms with Gasteiger partial charge in [-0.15, -0.1) is 0 Å². The summed E-state index contributed by atoms with van der Waals surface area (Å²) in [5, 5.41) is 6.50. The third kappa shape index (κ3) is 2.87. The Morgan fingerprint density at radius 1 is 1.29 bits per heavy atom. The van der Waals surface area contributed by atoms with E-state index in [0.29, 0.717) is 0 Å². The standard InChI is InChI=1S/C11H17BrN4O/c1-11(3-5-17-6-4-11)16-10-8(12)9(13-2)14-7-15-10/h7H,3-6H2,1-2H3,(H2,13,14,15,16). The van der Waals surface area contributed by atoms with Crippen LogP contribution in [0.3, 0.4) is 0 Å². The number of rotatable bonds is 3. The fourth-order valence-corrected chi connectivity index (χ4v) is 2.37. The minimum Gasteiger partial charge on any atom is -0.381 e. The molecule has 0 radical (unpaired) electrons. The van der Waals surface area contributed by atoms with E-state index in [0.717, 1.165) is 42.2 Å². The van der Waals surface area contributed by atoms with Gasteiger partial charge in [-0.25, -0.2) is 9.97 Å². The summed E-state index contributed by atoms with van der Waals surface area (Å²) in [6.45, 7) is 3.79. The van der Waals surface area contributed by atoms with E-state index in [1.807, 2.05) is 7.05 Å². The van der Waals surface area contributed by atoms with E-state index in [1.165, 1.54) is 0 Å². The van der Waals surface area contributed by atoms with Crippen LogP contribution in [-0.2, 0) is 4.74 Å². The van der Waals surface area contributed by atoms with E-state index < -0.39 is 0 Å². The fraction of sp³-hybridized carbons (Fsp3) is 0.636. The molecule has 0 aliphatic carbocycles. The normalized spacial score (nSPS) is 18.8. The van der Waals surface area contributed by atoms with Crippen molar-refractivity contribution in [2.75, 3.05) is 30.9 Å². The zero-order valence-corrected chi connectivity index (χ0v) is 11.7. The largest absolute Gasteiger partial charge is 0.381 e. The molecule has 0 bridgehead atoms. The van der Waals surface area contributed by atoms with Crippen molar-refractivity contribution in [3.63, 3.8) is 0 Å². The molecule has 0 aromatic carbocycles. The van der Waals surface area contributed by atoms with Gasteiger partial charge in [-0.3, -0.25) is 0 Å². The highest BCUT2D eigenvalue weighted by Gasteiger charge is 2.28. The van der Waals surface area contributed by atoms with Crippen LogP contribution in [0.4, 0.5) is 11.6 Å². The minimum absolute atomic E-state index is 0.0418. The lowest BCUT2D eigenvalue weighted by Crippen LogP contribution is -2.41. The summed E-state index contributed by atoms with van der Waals surface area (Å²) in [5.41, 5.74) is 0.0418. The highest BCUT2D eigenvalue weighted by atomic mass is 79.9. The van der Waals surface area contributed by atoms with Crippen LogP contribution in [-0.4, -0.2) is 35.8 Å². The van der Waals surface area contributed by atoms with Crippen LogP contribution in [0.2, 0.25) is 0 Å². The van der Waals surface area contributed by atoms with Crippen molar-refractivity contribution in [3.8, 4) is 0 Å². The second kappa shape index (κ2) is 5.18. The third-order valence-corrected chi connectivity index (χ3v) is 3.79. The molecule has 0 unspecified atom stereocenters. The first-order valence-electron chi connectivity index (χ1n) is 5.69. The van der Waals surface area contributed by atoms with Crippen LogP contribution in [0.5, 0.6) is 0 Å². The Balaban J connectivity index is 2.17. The molecule has 0 atom stereocenters. The number of aromatic nitrogens is 2. The van der Waals surface area contributed by atoms with E-state index in [-0.39, 0.29) is 5.54 Å². The maximum atomic E-state index is 5.38. The van der Waals surface area contributed by atoms with Gasteiger partial charge in [0.15, 0.2) is 0 Å². The van der Waals surface area contributed by atoms with Crippen molar-refractivity contribution in [2.24, 2.45) is 0 Å². The summed E-state index contributed by atoms with van der Waals surface area (Å²) in [4.78, 5) is 8.42. The molecule has 0 saturated carbocycles. The molecule has 1 aromatic heterocycles. The lowest BCUT2D eigenvalue weighted by atomic mass is 9.92.